The normalized spacial score (nSPS) is 13.2. The summed E-state index contributed by atoms with van der Waals surface area (Å²) in [6, 6.07) is 7.09. The van der Waals surface area contributed by atoms with Crippen molar-refractivity contribution < 1.29 is 33.3 Å². The Morgan fingerprint density at radius 1 is 0.867 bits per heavy atom. The number of carbonyl (C=O) groups is 2. The number of benzene rings is 1. The minimum Gasteiger partial charge on any atom is -0.377 e. The molecule has 0 N–H and O–H groups in total. The number of ether oxygens (including phenoxy) is 5. The van der Waals surface area contributed by atoms with Gasteiger partial charge in [0.15, 0.2) is 0 Å². The SMILES string of the molecule is C#CCOCCOCCOCCOCCOCc1ccc(C(=O)N2CCC2=O)cc1. The molecular formula is C22H29NO7. The van der Waals surface area contributed by atoms with Crippen molar-refractivity contribution in [1.82, 2.24) is 4.90 Å². The molecule has 30 heavy (non-hydrogen) atoms. The van der Waals surface area contributed by atoms with Gasteiger partial charge in [-0.2, -0.15) is 0 Å². The number of β-lactam (4-membered cyclic amide) rings is 1. The molecule has 2 amide bonds. The molecule has 0 radical (unpaired) electrons. The minimum atomic E-state index is -0.241. The van der Waals surface area contributed by atoms with E-state index in [1.54, 1.807) is 12.1 Å². The van der Waals surface area contributed by atoms with Crippen molar-refractivity contribution in [1.29, 1.82) is 0 Å². The molecule has 1 aromatic carbocycles. The molecule has 0 spiro atoms. The molecule has 1 fully saturated rings. The zero-order chi connectivity index (χ0) is 21.4. The summed E-state index contributed by atoms with van der Waals surface area (Å²) < 4.78 is 26.8. The number of carbonyl (C=O) groups excluding carboxylic acids is 2. The molecule has 1 aliphatic heterocycles. The molecule has 0 atom stereocenters. The third-order valence-corrected chi connectivity index (χ3v) is 4.24. The highest BCUT2D eigenvalue weighted by Crippen LogP contribution is 2.15. The van der Waals surface area contributed by atoms with E-state index in [1.165, 1.54) is 4.90 Å². The molecule has 8 nitrogen and oxygen atoms in total. The third-order valence-electron chi connectivity index (χ3n) is 4.24. The number of rotatable bonds is 16. The smallest absolute Gasteiger partial charge is 0.260 e. The molecule has 1 heterocycles. The molecule has 1 aliphatic rings. The van der Waals surface area contributed by atoms with Gasteiger partial charge in [-0.15, -0.1) is 6.42 Å². The molecule has 164 valence electrons. The summed E-state index contributed by atoms with van der Waals surface area (Å²) in [5, 5.41) is 0. The fourth-order valence-electron chi connectivity index (χ4n) is 2.53. The van der Waals surface area contributed by atoms with Crippen LogP contribution in [0.25, 0.3) is 0 Å². The van der Waals surface area contributed by atoms with Crippen LogP contribution in [0.4, 0.5) is 0 Å². The Labute approximate surface area is 177 Å². The van der Waals surface area contributed by atoms with Crippen molar-refractivity contribution in [3.63, 3.8) is 0 Å². The molecule has 2 rings (SSSR count). The van der Waals surface area contributed by atoms with Gasteiger partial charge in [0.1, 0.15) is 6.61 Å². The second-order valence-corrected chi connectivity index (χ2v) is 6.44. The second kappa shape index (κ2) is 14.7. The van der Waals surface area contributed by atoms with Crippen molar-refractivity contribution >= 4 is 11.8 Å². The van der Waals surface area contributed by atoms with Crippen molar-refractivity contribution in [3.05, 3.63) is 35.4 Å². The predicted molar refractivity (Wildman–Crippen MR) is 109 cm³/mol. The standard InChI is InChI=1S/C22H29NO7/c1-2-9-26-10-11-27-12-13-28-14-15-29-16-17-30-18-19-3-5-20(6-4-19)22(25)23-8-7-21(23)24/h1,3-6H,7-18H2. The van der Waals surface area contributed by atoms with Crippen molar-refractivity contribution in [2.75, 3.05) is 66.0 Å². The first-order valence-corrected chi connectivity index (χ1v) is 9.98. The Morgan fingerprint density at radius 2 is 1.40 bits per heavy atom. The van der Waals surface area contributed by atoms with Gasteiger partial charge in [-0.3, -0.25) is 14.5 Å². The second-order valence-electron chi connectivity index (χ2n) is 6.44. The fourth-order valence-corrected chi connectivity index (χ4v) is 2.53. The summed E-state index contributed by atoms with van der Waals surface area (Å²) in [6.45, 7) is 5.13. The molecule has 0 unspecified atom stereocenters. The van der Waals surface area contributed by atoms with Gasteiger partial charge >= 0.3 is 0 Å². The summed E-state index contributed by atoms with van der Waals surface area (Å²) in [5.41, 5.74) is 1.47. The lowest BCUT2D eigenvalue weighted by atomic mass is 10.1. The highest BCUT2D eigenvalue weighted by Gasteiger charge is 2.30. The topological polar surface area (TPSA) is 83.5 Å². The van der Waals surface area contributed by atoms with E-state index >= 15 is 0 Å². The van der Waals surface area contributed by atoms with E-state index in [0.29, 0.717) is 84.6 Å². The molecular weight excluding hydrogens is 390 g/mol. The van der Waals surface area contributed by atoms with Crippen LogP contribution < -0.4 is 0 Å². The summed E-state index contributed by atoms with van der Waals surface area (Å²) in [6.07, 6.45) is 5.51. The van der Waals surface area contributed by atoms with Crippen molar-refractivity contribution in [2.45, 2.75) is 13.0 Å². The van der Waals surface area contributed by atoms with Gasteiger partial charge in [0.2, 0.25) is 5.91 Å². The van der Waals surface area contributed by atoms with Gasteiger partial charge in [0.05, 0.1) is 59.5 Å². The van der Waals surface area contributed by atoms with Gasteiger partial charge in [-0.05, 0) is 17.7 Å². The Morgan fingerprint density at radius 3 is 1.87 bits per heavy atom. The fraction of sp³-hybridized carbons (Fsp3) is 0.545. The average molecular weight is 419 g/mol. The Balaban J connectivity index is 1.40. The van der Waals surface area contributed by atoms with E-state index in [4.69, 9.17) is 30.1 Å². The predicted octanol–water partition coefficient (Wildman–Crippen LogP) is 1.28. The van der Waals surface area contributed by atoms with Crippen LogP contribution in [0, 0.1) is 12.3 Å². The lowest BCUT2D eigenvalue weighted by molar-refractivity contribution is -0.135. The Bertz CT molecular complexity index is 684. The van der Waals surface area contributed by atoms with Gasteiger partial charge in [-0.1, -0.05) is 18.1 Å². The van der Waals surface area contributed by atoms with Crippen LogP contribution in [0.3, 0.4) is 0 Å². The first kappa shape index (κ1) is 24.0. The Hall–Kier alpha value is -2.28. The van der Waals surface area contributed by atoms with Gasteiger partial charge in [-0.25, -0.2) is 0 Å². The number of imide groups is 1. The molecule has 0 aliphatic carbocycles. The van der Waals surface area contributed by atoms with Crippen molar-refractivity contribution in [2.24, 2.45) is 0 Å². The van der Waals surface area contributed by atoms with E-state index in [9.17, 15) is 9.59 Å². The number of hydrogen-bond donors (Lipinski definition) is 0. The molecule has 0 bridgehead atoms. The zero-order valence-electron chi connectivity index (χ0n) is 17.2. The van der Waals surface area contributed by atoms with E-state index in [-0.39, 0.29) is 11.8 Å². The van der Waals surface area contributed by atoms with E-state index in [2.05, 4.69) is 5.92 Å². The monoisotopic (exact) mass is 419 g/mol. The number of amides is 2. The molecule has 0 saturated carbocycles. The summed E-state index contributed by atoms with van der Waals surface area (Å²) in [7, 11) is 0. The van der Waals surface area contributed by atoms with Gasteiger partial charge in [0.25, 0.3) is 5.91 Å². The first-order valence-electron chi connectivity index (χ1n) is 9.98. The summed E-state index contributed by atoms with van der Waals surface area (Å²) >= 11 is 0. The maximum atomic E-state index is 12.1. The lowest BCUT2D eigenvalue weighted by Crippen LogP contribution is -2.47. The largest absolute Gasteiger partial charge is 0.377 e. The minimum absolute atomic E-state index is 0.117. The van der Waals surface area contributed by atoms with Gasteiger partial charge in [0, 0.05) is 18.5 Å². The molecule has 1 saturated heterocycles. The zero-order valence-corrected chi connectivity index (χ0v) is 17.2. The maximum absolute atomic E-state index is 12.1. The maximum Gasteiger partial charge on any atom is 0.260 e. The highest BCUT2D eigenvalue weighted by molar-refractivity contribution is 6.07. The quantitative estimate of drug-likeness (QED) is 0.173. The third kappa shape index (κ3) is 9.03. The van der Waals surface area contributed by atoms with Crippen LogP contribution in [0.5, 0.6) is 0 Å². The molecule has 8 heteroatoms. The lowest BCUT2D eigenvalue weighted by Gasteiger charge is -2.28. The van der Waals surface area contributed by atoms with Crippen LogP contribution in [-0.4, -0.2) is 82.7 Å². The van der Waals surface area contributed by atoms with Crippen LogP contribution >= 0.6 is 0 Å². The summed E-state index contributed by atoms with van der Waals surface area (Å²) in [5.74, 6) is 2.03. The van der Waals surface area contributed by atoms with Crippen LogP contribution in [0.2, 0.25) is 0 Å². The summed E-state index contributed by atoms with van der Waals surface area (Å²) in [4.78, 5) is 24.7. The number of terminal acetylenes is 1. The number of likely N-dealkylation sites (tertiary alicyclic amines) is 1. The number of nitrogens with zero attached hydrogens (tertiary/aromatic N) is 1. The van der Waals surface area contributed by atoms with Gasteiger partial charge < -0.3 is 23.7 Å². The van der Waals surface area contributed by atoms with E-state index in [1.807, 2.05) is 12.1 Å². The van der Waals surface area contributed by atoms with Crippen LogP contribution in [0.15, 0.2) is 24.3 Å². The van der Waals surface area contributed by atoms with Crippen LogP contribution in [-0.2, 0) is 35.1 Å². The molecule has 0 aromatic heterocycles. The number of hydrogen-bond acceptors (Lipinski definition) is 7. The highest BCUT2D eigenvalue weighted by atomic mass is 16.6. The first-order chi connectivity index (χ1) is 14.7. The van der Waals surface area contributed by atoms with E-state index in [0.717, 1.165) is 5.56 Å². The molecule has 1 aromatic rings. The van der Waals surface area contributed by atoms with Crippen LogP contribution in [0.1, 0.15) is 22.3 Å². The Kier molecular flexibility index (Phi) is 11.7. The van der Waals surface area contributed by atoms with E-state index < -0.39 is 0 Å². The van der Waals surface area contributed by atoms with Crippen molar-refractivity contribution in [3.8, 4) is 12.3 Å². The average Bonchev–Trinajstić information content (AvgIpc) is 2.75.